The van der Waals surface area contributed by atoms with Gasteiger partial charge in [0.05, 0.1) is 13.2 Å². The van der Waals surface area contributed by atoms with Gasteiger partial charge in [-0.15, -0.1) is 6.58 Å². The van der Waals surface area contributed by atoms with Crippen LogP contribution in [0.3, 0.4) is 0 Å². The standard InChI is InChI=1S/C22H31BrO13/c1-7-9-30-21(16(23)20(28)29-8-2)36-22-19(34-14(6)27)18(33-13(5)26)17(32-12(4)25)15(35-22)10-31-11(3)24/h7,15-19,21-22H,1,8-10H2,2-6H3/t15-,16-,17-,18+,19-,21-,22+/m1/s1. The van der Waals surface area contributed by atoms with E-state index in [1.54, 1.807) is 6.92 Å². The van der Waals surface area contributed by atoms with Crippen molar-refractivity contribution < 1.29 is 61.9 Å². The second-order valence-electron chi connectivity index (χ2n) is 7.35. The lowest BCUT2D eigenvalue weighted by Crippen LogP contribution is -2.63. The van der Waals surface area contributed by atoms with Gasteiger partial charge in [-0.2, -0.15) is 0 Å². The van der Waals surface area contributed by atoms with Crippen LogP contribution in [-0.4, -0.2) is 91.5 Å². The number of esters is 5. The van der Waals surface area contributed by atoms with Gasteiger partial charge in [-0.3, -0.25) is 24.0 Å². The van der Waals surface area contributed by atoms with Crippen LogP contribution in [0.2, 0.25) is 0 Å². The molecule has 1 aliphatic rings. The highest BCUT2D eigenvalue weighted by atomic mass is 79.9. The van der Waals surface area contributed by atoms with Crippen molar-refractivity contribution >= 4 is 45.8 Å². The van der Waals surface area contributed by atoms with Gasteiger partial charge in [0, 0.05) is 27.7 Å². The number of rotatable bonds is 13. The molecule has 1 aliphatic heterocycles. The first-order valence-corrected chi connectivity index (χ1v) is 11.8. The minimum absolute atomic E-state index is 0.0581. The lowest BCUT2D eigenvalue weighted by atomic mass is 9.98. The van der Waals surface area contributed by atoms with Crippen molar-refractivity contribution in [2.75, 3.05) is 19.8 Å². The molecule has 0 spiro atoms. The van der Waals surface area contributed by atoms with E-state index in [1.165, 1.54) is 6.08 Å². The minimum atomic E-state index is -1.55. The Balaban J connectivity index is 3.46. The van der Waals surface area contributed by atoms with Crippen LogP contribution in [0, 0.1) is 0 Å². The molecule has 0 bridgehead atoms. The van der Waals surface area contributed by atoms with Gasteiger partial charge in [0.2, 0.25) is 6.29 Å². The number of ether oxygens (including phenoxy) is 8. The van der Waals surface area contributed by atoms with Crippen molar-refractivity contribution in [3.8, 4) is 0 Å². The molecule has 1 heterocycles. The van der Waals surface area contributed by atoms with Gasteiger partial charge in [-0.25, -0.2) is 0 Å². The summed E-state index contributed by atoms with van der Waals surface area (Å²) < 4.78 is 43.2. The van der Waals surface area contributed by atoms with Crippen LogP contribution in [0.4, 0.5) is 0 Å². The van der Waals surface area contributed by atoms with Gasteiger partial charge in [-0.05, 0) is 6.92 Å². The van der Waals surface area contributed by atoms with Gasteiger partial charge >= 0.3 is 29.8 Å². The molecular weight excluding hydrogens is 552 g/mol. The Hall–Kier alpha value is -2.55. The fourth-order valence-corrected chi connectivity index (χ4v) is 3.53. The molecule has 0 saturated carbocycles. The quantitative estimate of drug-likeness (QED) is 0.0992. The Morgan fingerprint density at radius 2 is 1.44 bits per heavy atom. The molecule has 0 aromatic carbocycles. The van der Waals surface area contributed by atoms with Gasteiger partial charge in [0.15, 0.2) is 29.4 Å². The summed E-state index contributed by atoms with van der Waals surface area (Å²) in [6, 6.07) is 0. The highest BCUT2D eigenvalue weighted by molar-refractivity contribution is 9.10. The molecule has 0 aromatic rings. The molecule has 36 heavy (non-hydrogen) atoms. The molecule has 7 atom stereocenters. The van der Waals surface area contributed by atoms with E-state index in [4.69, 9.17) is 37.9 Å². The maximum absolute atomic E-state index is 12.3. The summed E-state index contributed by atoms with van der Waals surface area (Å²) in [7, 11) is 0. The fraction of sp³-hybridized carbons (Fsp3) is 0.682. The van der Waals surface area contributed by atoms with E-state index < -0.39 is 78.3 Å². The molecular formula is C22H31BrO13. The number of carbonyl (C=O) groups is 5. The van der Waals surface area contributed by atoms with E-state index in [2.05, 4.69) is 22.5 Å². The summed E-state index contributed by atoms with van der Waals surface area (Å²) in [4.78, 5) is 58.2. The fourth-order valence-electron chi connectivity index (χ4n) is 3.12. The zero-order valence-electron chi connectivity index (χ0n) is 20.6. The van der Waals surface area contributed by atoms with Gasteiger partial charge in [-0.1, -0.05) is 22.0 Å². The topological polar surface area (TPSA) is 159 Å². The molecule has 1 rings (SSSR count). The normalized spacial score (nSPS) is 25.0. The average molecular weight is 583 g/mol. The van der Waals surface area contributed by atoms with Crippen molar-refractivity contribution in [1.29, 1.82) is 0 Å². The summed E-state index contributed by atoms with van der Waals surface area (Å²) in [6.07, 6.45) is -7.03. The van der Waals surface area contributed by atoms with Crippen molar-refractivity contribution in [2.45, 2.75) is 76.4 Å². The van der Waals surface area contributed by atoms with Crippen molar-refractivity contribution in [3.63, 3.8) is 0 Å². The first-order chi connectivity index (χ1) is 16.9. The third-order valence-corrected chi connectivity index (χ3v) is 5.15. The second kappa shape index (κ2) is 15.5. The Bertz CT molecular complexity index is 801. The second-order valence-corrected chi connectivity index (χ2v) is 8.33. The maximum atomic E-state index is 12.3. The number of hydrogen-bond donors (Lipinski definition) is 0. The number of alkyl halides is 1. The third kappa shape index (κ3) is 10.2. The van der Waals surface area contributed by atoms with Crippen LogP contribution in [0.25, 0.3) is 0 Å². The zero-order chi connectivity index (χ0) is 27.4. The summed E-state index contributed by atoms with van der Waals surface area (Å²) in [5.41, 5.74) is 0. The SMILES string of the molecule is C=CCO[C@H](O[C@@H]1O[C@H](COC(C)=O)[C@@H](OC(C)=O)[C@H](OC(C)=O)[C@H]1OC(C)=O)[C@H](Br)C(=O)OCC. The molecule has 0 aliphatic carbocycles. The van der Waals surface area contributed by atoms with Crippen molar-refractivity contribution in [2.24, 2.45) is 0 Å². The van der Waals surface area contributed by atoms with Crippen molar-refractivity contribution in [3.05, 3.63) is 12.7 Å². The van der Waals surface area contributed by atoms with E-state index in [9.17, 15) is 24.0 Å². The van der Waals surface area contributed by atoms with E-state index >= 15 is 0 Å². The summed E-state index contributed by atoms with van der Waals surface area (Å²) in [6.45, 7) is 9.16. The van der Waals surface area contributed by atoms with Crippen molar-refractivity contribution in [1.82, 2.24) is 0 Å². The number of carbonyl (C=O) groups excluding carboxylic acids is 5. The number of halogens is 1. The molecule has 0 aromatic heterocycles. The molecule has 1 fully saturated rings. The first-order valence-electron chi connectivity index (χ1n) is 10.9. The van der Waals surface area contributed by atoms with E-state index in [1.807, 2.05) is 0 Å². The average Bonchev–Trinajstić information content (AvgIpc) is 2.77. The van der Waals surface area contributed by atoms with Gasteiger partial charge in [0.1, 0.15) is 12.7 Å². The number of hydrogen-bond acceptors (Lipinski definition) is 13. The molecule has 13 nitrogen and oxygen atoms in total. The Labute approximate surface area is 216 Å². The monoisotopic (exact) mass is 582 g/mol. The van der Waals surface area contributed by atoms with Gasteiger partial charge < -0.3 is 37.9 Å². The predicted octanol–water partition coefficient (Wildman–Crippen LogP) is 0.941. The Kier molecular flexibility index (Phi) is 13.6. The van der Waals surface area contributed by atoms with E-state index in [0.717, 1.165) is 27.7 Å². The van der Waals surface area contributed by atoms with Crippen LogP contribution in [-0.2, 0) is 61.9 Å². The lowest BCUT2D eigenvalue weighted by molar-refractivity contribution is -0.338. The van der Waals surface area contributed by atoms with Crippen LogP contribution in [0.5, 0.6) is 0 Å². The maximum Gasteiger partial charge on any atom is 0.324 e. The predicted molar refractivity (Wildman–Crippen MR) is 122 cm³/mol. The summed E-state index contributed by atoms with van der Waals surface area (Å²) in [5, 5.41) is 0. The highest BCUT2D eigenvalue weighted by Crippen LogP contribution is 2.31. The first kappa shape index (κ1) is 31.5. The van der Waals surface area contributed by atoms with Crippen LogP contribution < -0.4 is 0 Å². The van der Waals surface area contributed by atoms with Crippen LogP contribution in [0.15, 0.2) is 12.7 Å². The van der Waals surface area contributed by atoms with E-state index in [-0.39, 0.29) is 13.2 Å². The molecule has 0 amide bonds. The molecule has 14 heteroatoms. The van der Waals surface area contributed by atoms with Crippen LogP contribution in [0.1, 0.15) is 34.6 Å². The lowest BCUT2D eigenvalue weighted by Gasteiger charge is -2.44. The molecule has 0 unspecified atom stereocenters. The van der Waals surface area contributed by atoms with E-state index in [0.29, 0.717) is 0 Å². The molecule has 0 N–H and O–H groups in total. The zero-order valence-corrected chi connectivity index (χ0v) is 22.2. The molecule has 1 saturated heterocycles. The summed E-state index contributed by atoms with van der Waals surface area (Å²) in [5.74, 6) is -3.77. The summed E-state index contributed by atoms with van der Waals surface area (Å²) >= 11 is 3.16. The largest absolute Gasteiger partial charge is 0.465 e. The molecule has 0 radical (unpaired) electrons. The third-order valence-electron chi connectivity index (χ3n) is 4.35. The molecule has 204 valence electrons. The highest BCUT2D eigenvalue weighted by Gasteiger charge is 2.54. The van der Waals surface area contributed by atoms with Crippen LogP contribution >= 0.6 is 15.9 Å². The van der Waals surface area contributed by atoms with Gasteiger partial charge in [0.25, 0.3) is 0 Å². The smallest absolute Gasteiger partial charge is 0.324 e. The Morgan fingerprint density at radius 3 is 1.94 bits per heavy atom. The Morgan fingerprint density at radius 1 is 0.889 bits per heavy atom. The minimum Gasteiger partial charge on any atom is -0.465 e.